The second-order valence-electron chi connectivity index (χ2n) is 2.92. The largest absolute Gasteiger partial charge is 0.293 e. The van der Waals surface area contributed by atoms with E-state index in [4.69, 9.17) is 0 Å². The van der Waals surface area contributed by atoms with Crippen molar-refractivity contribution >= 4 is 60.2 Å². The van der Waals surface area contributed by atoms with Crippen LogP contribution in [0.4, 0.5) is 0 Å². The standard InChI is InChI=1S/C10H9Br2IO/c1-6(12)10(14)9-4-8(13)3-2-7(9)5-11/h2-4,6H,5H2,1H3. The monoisotopic (exact) mass is 430 g/mol. The SMILES string of the molecule is CC(Br)C(=O)c1cc(I)ccc1CBr. The summed E-state index contributed by atoms with van der Waals surface area (Å²) in [7, 11) is 0. The molecule has 0 amide bonds. The van der Waals surface area contributed by atoms with Gasteiger partial charge in [0.2, 0.25) is 0 Å². The highest BCUT2D eigenvalue weighted by Crippen LogP contribution is 2.20. The molecule has 0 N–H and O–H groups in total. The van der Waals surface area contributed by atoms with E-state index in [0.717, 1.165) is 14.7 Å². The van der Waals surface area contributed by atoms with E-state index >= 15 is 0 Å². The molecule has 0 saturated carbocycles. The Labute approximate surface area is 114 Å². The minimum Gasteiger partial charge on any atom is -0.293 e. The lowest BCUT2D eigenvalue weighted by atomic mass is 10.0. The van der Waals surface area contributed by atoms with E-state index < -0.39 is 0 Å². The number of ketones is 1. The molecule has 0 radical (unpaired) electrons. The fraction of sp³-hybridized carbons (Fsp3) is 0.300. The smallest absolute Gasteiger partial charge is 0.176 e. The van der Waals surface area contributed by atoms with Gasteiger partial charge in [-0.05, 0) is 47.2 Å². The van der Waals surface area contributed by atoms with Crippen LogP contribution in [0.15, 0.2) is 18.2 Å². The number of carbonyl (C=O) groups is 1. The first-order valence-electron chi connectivity index (χ1n) is 4.09. The predicted octanol–water partition coefficient (Wildman–Crippen LogP) is 4.15. The Kier molecular flexibility index (Phi) is 5.06. The molecule has 0 heterocycles. The van der Waals surface area contributed by atoms with Gasteiger partial charge < -0.3 is 0 Å². The zero-order chi connectivity index (χ0) is 10.7. The molecule has 4 heteroatoms. The maximum atomic E-state index is 11.8. The molecule has 1 atom stereocenters. The van der Waals surface area contributed by atoms with Crippen molar-refractivity contribution in [1.82, 2.24) is 0 Å². The van der Waals surface area contributed by atoms with Gasteiger partial charge in [-0.15, -0.1) is 0 Å². The van der Waals surface area contributed by atoms with E-state index in [2.05, 4.69) is 54.5 Å². The summed E-state index contributed by atoms with van der Waals surface area (Å²) in [5.74, 6) is 0.137. The third-order valence-electron chi connectivity index (χ3n) is 1.84. The molecular formula is C10H9Br2IO. The second-order valence-corrected chi connectivity index (χ2v) is 6.10. The molecule has 0 aromatic heterocycles. The maximum Gasteiger partial charge on any atom is 0.176 e. The Morgan fingerprint density at radius 3 is 2.71 bits per heavy atom. The molecule has 0 aliphatic rings. The van der Waals surface area contributed by atoms with E-state index in [1.165, 1.54) is 0 Å². The summed E-state index contributed by atoms with van der Waals surface area (Å²) >= 11 is 8.89. The quantitative estimate of drug-likeness (QED) is 0.399. The van der Waals surface area contributed by atoms with Crippen molar-refractivity contribution < 1.29 is 4.79 Å². The number of Topliss-reactive ketones (excluding diaryl/α,β-unsaturated/α-hetero) is 1. The highest BCUT2D eigenvalue weighted by molar-refractivity contribution is 14.1. The highest BCUT2D eigenvalue weighted by atomic mass is 127. The summed E-state index contributed by atoms with van der Waals surface area (Å²) in [6, 6.07) is 5.92. The Bertz CT molecular complexity index is 350. The van der Waals surface area contributed by atoms with Gasteiger partial charge in [-0.3, -0.25) is 4.79 Å². The van der Waals surface area contributed by atoms with Crippen LogP contribution < -0.4 is 0 Å². The van der Waals surface area contributed by atoms with E-state index in [-0.39, 0.29) is 10.6 Å². The molecule has 0 spiro atoms. The zero-order valence-electron chi connectivity index (χ0n) is 7.56. The Morgan fingerprint density at radius 2 is 2.21 bits per heavy atom. The maximum absolute atomic E-state index is 11.8. The van der Waals surface area contributed by atoms with Gasteiger partial charge >= 0.3 is 0 Å². The summed E-state index contributed by atoms with van der Waals surface area (Å²) in [4.78, 5) is 11.7. The average Bonchev–Trinajstić information content (AvgIpc) is 2.16. The van der Waals surface area contributed by atoms with Crippen molar-refractivity contribution in [2.75, 3.05) is 0 Å². The van der Waals surface area contributed by atoms with E-state index in [9.17, 15) is 4.79 Å². The highest BCUT2D eigenvalue weighted by Gasteiger charge is 2.15. The number of hydrogen-bond acceptors (Lipinski definition) is 1. The van der Waals surface area contributed by atoms with E-state index in [1.54, 1.807) is 0 Å². The number of carbonyl (C=O) groups excluding carboxylic acids is 1. The summed E-state index contributed by atoms with van der Waals surface area (Å²) < 4.78 is 1.09. The number of rotatable bonds is 3. The molecule has 0 fully saturated rings. The van der Waals surface area contributed by atoms with Crippen LogP contribution in [0.25, 0.3) is 0 Å². The van der Waals surface area contributed by atoms with Crippen LogP contribution in [-0.2, 0) is 5.33 Å². The van der Waals surface area contributed by atoms with Gasteiger partial charge in [0.05, 0.1) is 4.83 Å². The van der Waals surface area contributed by atoms with Crippen molar-refractivity contribution in [3.63, 3.8) is 0 Å². The van der Waals surface area contributed by atoms with Crippen LogP contribution in [0.3, 0.4) is 0 Å². The minimum absolute atomic E-state index is 0.126. The van der Waals surface area contributed by atoms with Crippen LogP contribution in [0.5, 0.6) is 0 Å². The molecule has 0 aliphatic heterocycles. The van der Waals surface area contributed by atoms with Crippen LogP contribution >= 0.6 is 54.5 Å². The molecule has 1 aromatic rings. The van der Waals surface area contributed by atoms with Gasteiger partial charge in [0, 0.05) is 14.5 Å². The van der Waals surface area contributed by atoms with Gasteiger partial charge in [0.1, 0.15) is 0 Å². The van der Waals surface area contributed by atoms with Gasteiger partial charge in [-0.1, -0.05) is 37.9 Å². The summed E-state index contributed by atoms with van der Waals surface area (Å²) in [6.07, 6.45) is 0. The molecule has 76 valence electrons. The first-order valence-corrected chi connectivity index (χ1v) is 7.20. The number of halogens is 3. The van der Waals surface area contributed by atoms with Crippen LogP contribution in [0.1, 0.15) is 22.8 Å². The normalized spacial score (nSPS) is 12.6. The summed E-state index contributed by atoms with van der Waals surface area (Å²) in [5, 5.41) is 0.713. The molecule has 0 aliphatic carbocycles. The van der Waals surface area contributed by atoms with Gasteiger partial charge in [0.15, 0.2) is 5.78 Å². The van der Waals surface area contributed by atoms with Crippen LogP contribution in [0.2, 0.25) is 0 Å². The Hall–Kier alpha value is 0.580. The van der Waals surface area contributed by atoms with Crippen LogP contribution in [-0.4, -0.2) is 10.6 Å². The van der Waals surface area contributed by atoms with Crippen molar-refractivity contribution in [2.45, 2.75) is 17.1 Å². The fourth-order valence-corrected chi connectivity index (χ4v) is 2.34. The van der Waals surface area contributed by atoms with Crippen molar-refractivity contribution in [3.8, 4) is 0 Å². The lowest BCUT2D eigenvalue weighted by Crippen LogP contribution is -2.12. The van der Waals surface area contributed by atoms with Gasteiger partial charge in [-0.25, -0.2) is 0 Å². The predicted molar refractivity (Wildman–Crippen MR) is 74.5 cm³/mol. The first-order chi connectivity index (χ1) is 6.56. The molecule has 1 rings (SSSR count). The lowest BCUT2D eigenvalue weighted by molar-refractivity contribution is 0.0995. The zero-order valence-corrected chi connectivity index (χ0v) is 12.9. The average molecular weight is 432 g/mol. The van der Waals surface area contributed by atoms with Crippen molar-refractivity contribution in [2.24, 2.45) is 0 Å². The fourth-order valence-electron chi connectivity index (χ4n) is 1.11. The number of hydrogen-bond donors (Lipinski definition) is 0. The number of alkyl halides is 2. The molecule has 1 nitrogen and oxygen atoms in total. The Balaban J connectivity index is 3.17. The molecule has 1 unspecified atom stereocenters. The second kappa shape index (κ2) is 5.61. The summed E-state index contributed by atoms with van der Waals surface area (Å²) in [5.41, 5.74) is 1.85. The third kappa shape index (κ3) is 3.03. The molecular weight excluding hydrogens is 423 g/mol. The number of benzene rings is 1. The van der Waals surface area contributed by atoms with Crippen LogP contribution in [0, 0.1) is 3.57 Å². The van der Waals surface area contributed by atoms with Gasteiger partial charge in [-0.2, -0.15) is 0 Å². The minimum atomic E-state index is -0.126. The van der Waals surface area contributed by atoms with Crippen molar-refractivity contribution in [3.05, 3.63) is 32.9 Å². The van der Waals surface area contributed by atoms with Gasteiger partial charge in [0.25, 0.3) is 0 Å². The lowest BCUT2D eigenvalue weighted by Gasteiger charge is -2.08. The topological polar surface area (TPSA) is 17.1 Å². The van der Waals surface area contributed by atoms with Crippen molar-refractivity contribution in [1.29, 1.82) is 0 Å². The third-order valence-corrected chi connectivity index (χ3v) is 3.53. The molecule has 14 heavy (non-hydrogen) atoms. The van der Waals surface area contributed by atoms with E-state index in [1.807, 2.05) is 25.1 Å². The summed E-state index contributed by atoms with van der Waals surface area (Å²) in [6.45, 7) is 1.85. The molecule has 0 saturated heterocycles. The Morgan fingerprint density at radius 1 is 1.57 bits per heavy atom. The first kappa shape index (κ1) is 12.6. The molecule has 1 aromatic carbocycles. The van der Waals surface area contributed by atoms with E-state index in [0.29, 0.717) is 5.33 Å². The molecule has 0 bridgehead atoms.